The quantitative estimate of drug-likeness (QED) is 0.892. The zero-order valence-electron chi connectivity index (χ0n) is 14.8. The van der Waals surface area contributed by atoms with E-state index in [-0.39, 0.29) is 11.8 Å². The lowest BCUT2D eigenvalue weighted by molar-refractivity contribution is -0.137. The largest absolute Gasteiger partial charge is 0.416 e. The molecule has 1 saturated heterocycles. The molecule has 1 aliphatic heterocycles. The van der Waals surface area contributed by atoms with Crippen LogP contribution in [-0.4, -0.2) is 46.8 Å². The summed E-state index contributed by atoms with van der Waals surface area (Å²) in [6.45, 7) is 2.91. The standard InChI is InChI=1S/C19H21F3N4O/c20-19(21,22)14-3-1-4-15(11-14)26-17(13-5-6-13)16(12-24-26)18(27)25-9-2-7-23-8-10-25/h1,3-4,11-13,23H,2,5-10H2. The van der Waals surface area contributed by atoms with Gasteiger partial charge in [-0.25, -0.2) is 4.68 Å². The van der Waals surface area contributed by atoms with Gasteiger partial charge < -0.3 is 10.2 Å². The molecular formula is C19H21F3N4O. The number of rotatable bonds is 3. The first-order chi connectivity index (χ1) is 12.9. The highest BCUT2D eigenvalue weighted by Crippen LogP contribution is 2.43. The lowest BCUT2D eigenvalue weighted by Crippen LogP contribution is -2.34. The van der Waals surface area contributed by atoms with Crippen LogP contribution in [0.4, 0.5) is 13.2 Å². The Hall–Kier alpha value is -2.35. The zero-order valence-corrected chi connectivity index (χ0v) is 14.8. The third-order valence-corrected chi connectivity index (χ3v) is 5.05. The maximum Gasteiger partial charge on any atom is 0.416 e. The second-order valence-electron chi connectivity index (χ2n) is 7.07. The minimum atomic E-state index is -4.42. The molecule has 1 aromatic heterocycles. The molecule has 2 fully saturated rings. The molecule has 4 rings (SSSR count). The van der Waals surface area contributed by atoms with E-state index in [1.165, 1.54) is 16.9 Å². The fourth-order valence-corrected chi connectivity index (χ4v) is 3.51. The van der Waals surface area contributed by atoms with Crippen molar-refractivity contribution in [1.82, 2.24) is 20.0 Å². The smallest absolute Gasteiger partial charge is 0.337 e. The zero-order chi connectivity index (χ0) is 19.0. The summed E-state index contributed by atoms with van der Waals surface area (Å²) in [5, 5.41) is 7.56. The number of nitrogens with zero attached hydrogens (tertiary/aromatic N) is 3. The molecule has 5 nitrogen and oxygen atoms in total. The highest BCUT2D eigenvalue weighted by molar-refractivity contribution is 5.95. The summed E-state index contributed by atoms with van der Waals surface area (Å²) in [5.74, 6) is 0.0879. The Labute approximate surface area is 155 Å². The summed E-state index contributed by atoms with van der Waals surface area (Å²) in [6, 6.07) is 5.10. The summed E-state index contributed by atoms with van der Waals surface area (Å²) >= 11 is 0. The number of nitrogens with one attached hydrogen (secondary N) is 1. The van der Waals surface area contributed by atoms with Gasteiger partial charge >= 0.3 is 6.18 Å². The molecule has 8 heteroatoms. The van der Waals surface area contributed by atoms with E-state index in [1.807, 2.05) is 0 Å². The molecule has 1 amide bonds. The Morgan fingerprint density at radius 1 is 1.19 bits per heavy atom. The van der Waals surface area contributed by atoms with E-state index in [2.05, 4.69) is 10.4 Å². The van der Waals surface area contributed by atoms with Crippen molar-refractivity contribution in [2.45, 2.75) is 31.4 Å². The number of hydrogen-bond donors (Lipinski definition) is 1. The van der Waals surface area contributed by atoms with Gasteiger partial charge in [0, 0.05) is 25.6 Å². The number of alkyl halides is 3. The molecule has 0 spiro atoms. The Morgan fingerprint density at radius 3 is 2.74 bits per heavy atom. The molecule has 0 radical (unpaired) electrons. The number of halogens is 3. The Morgan fingerprint density at radius 2 is 2.00 bits per heavy atom. The van der Waals surface area contributed by atoms with Gasteiger partial charge in [-0.05, 0) is 44.0 Å². The van der Waals surface area contributed by atoms with Gasteiger partial charge in [0.25, 0.3) is 5.91 Å². The average Bonchev–Trinajstić information content (AvgIpc) is 3.44. The third-order valence-electron chi connectivity index (χ3n) is 5.05. The lowest BCUT2D eigenvalue weighted by atomic mass is 10.1. The van der Waals surface area contributed by atoms with Gasteiger partial charge in [0.2, 0.25) is 0 Å². The SMILES string of the molecule is O=C(c1cnn(-c2cccc(C(F)(F)F)c2)c1C1CC1)N1CCCNCC1. The van der Waals surface area contributed by atoms with Crippen molar-refractivity contribution in [2.75, 3.05) is 26.2 Å². The molecule has 0 bridgehead atoms. The number of hydrogen-bond acceptors (Lipinski definition) is 3. The summed E-state index contributed by atoms with van der Waals surface area (Å²) < 4.78 is 40.7. The van der Waals surface area contributed by atoms with Crippen molar-refractivity contribution in [3.8, 4) is 5.69 Å². The Kier molecular flexibility index (Phi) is 4.67. The molecule has 2 aliphatic rings. The van der Waals surface area contributed by atoms with Crippen molar-refractivity contribution >= 4 is 5.91 Å². The lowest BCUT2D eigenvalue weighted by Gasteiger charge is -2.20. The van der Waals surface area contributed by atoms with Crippen molar-refractivity contribution in [1.29, 1.82) is 0 Å². The predicted molar refractivity (Wildman–Crippen MR) is 93.9 cm³/mol. The molecule has 1 aromatic carbocycles. The van der Waals surface area contributed by atoms with Crippen molar-refractivity contribution < 1.29 is 18.0 Å². The first-order valence-electron chi connectivity index (χ1n) is 9.20. The minimum Gasteiger partial charge on any atom is -0.337 e. The topological polar surface area (TPSA) is 50.2 Å². The van der Waals surface area contributed by atoms with Crippen LogP contribution in [0.15, 0.2) is 30.5 Å². The number of aromatic nitrogens is 2. The van der Waals surface area contributed by atoms with Crippen LogP contribution in [0.25, 0.3) is 5.69 Å². The van der Waals surface area contributed by atoms with Crippen LogP contribution in [0.3, 0.4) is 0 Å². The van der Waals surface area contributed by atoms with E-state index >= 15 is 0 Å². The number of benzene rings is 1. The van der Waals surface area contributed by atoms with Gasteiger partial charge in [-0.15, -0.1) is 0 Å². The van der Waals surface area contributed by atoms with Crippen LogP contribution in [0.5, 0.6) is 0 Å². The van der Waals surface area contributed by atoms with Crippen LogP contribution in [0, 0.1) is 0 Å². The molecule has 2 heterocycles. The molecule has 2 aromatic rings. The van der Waals surface area contributed by atoms with Crippen molar-refractivity contribution in [2.24, 2.45) is 0 Å². The van der Waals surface area contributed by atoms with Gasteiger partial charge in [-0.1, -0.05) is 6.07 Å². The highest BCUT2D eigenvalue weighted by Gasteiger charge is 2.35. The van der Waals surface area contributed by atoms with E-state index in [9.17, 15) is 18.0 Å². The summed E-state index contributed by atoms with van der Waals surface area (Å²) in [7, 11) is 0. The fourth-order valence-electron chi connectivity index (χ4n) is 3.51. The number of carbonyl (C=O) groups is 1. The average molecular weight is 378 g/mol. The van der Waals surface area contributed by atoms with Crippen LogP contribution < -0.4 is 5.32 Å². The first kappa shape index (κ1) is 18.0. The van der Waals surface area contributed by atoms with Gasteiger partial charge in [0.1, 0.15) is 0 Å². The van der Waals surface area contributed by atoms with Gasteiger partial charge in [0.15, 0.2) is 0 Å². The maximum atomic E-state index is 13.1. The Bertz CT molecular complexity index is 834. The van der Waals surface area contributed by atoms with Crippen LogP contribution >= 0.6 is 0 Å². The fraction of sp³-hybridized carbons (Fsp3) is 0.474. The van der Waals surface area contributed by atoms with Crippen LogP contribution in [-0.2, 0) is 6.18 Å². The molecule has 1 N–H and O–H groups in total. The maximum absolute atomic E-state index is 13.1. The monoisotopic (exact) mass is 378 g/mol. The molecule has 0 unspecified atom stereocenters. The number of amides is 1. The summed E-state index contributed by atoms with van der Waals surface area (Å²) in [4.78, 5) is 14.8. The Balaban J connectivity index is 1.70. The predicted octanol–water partition coefficient (Wildman–Crippen LogP) is 3.20. The van der Waals surface area contributed by atoms with Crippen molar-refractivity contribution in [3.05, 3.63) is 47.3 Å². The summed E-state index contributed by atoms with van der Waals surface area (Å²) in [6.07, 6.45) is -0.180. The second kappa shape index (κ2) is 6.99. The second-order valence-corrected chi connectivity index (χ2v) is 7.07. The molecule has 0 atom stereocenters. The van der Waals surface area contributed by atoms with Gasteiger partial charge in [-0.3, -0.25) is 4.79 Å². The summed E-state index contributed by atoms with van der Waals surface area (Å²) in [5.41, 5.74) is 0.861. The van der Waals surface area contributed by atoms with E-state index in [4.69, 9.17) is 0 Å². The number of carbonyl (C=O) groups excluding carboxylic acids is 1. The molecule has 144 valence electrons. The normalized spacial score (nSPS) is 18.4. The van der Waals surface area contributed by atoms with E-state index < -0.39 is 11.7 Å². The minimum absolute atomic E-state index is 0.0844. The molecule has 27 heavy (non-hydrogen) atoms. The highest BCUT2D eigenvalue weighted by atomic mass is 19.4. The molecule has 1 saturated carbocycles. The van der Waals surface area contributed by atoms with E-state index in [1.54, 1.807) is 11.0 Å². The first-order valence-corrected chi connectivity index (χ1v) is 9.20. The van der Waals surface area contributed by atoms with E-state index in [0.717, 1.165) is 50.2 Å². The van der Waals surface area contributed by atoms with Gasteiger partial charge in [-0.2, -0.15) is 18.3 Å². The van der Waals surface area contributed by atoms with Gasteiger partial charge in [0.05, 0.1) is 28.7 Å². The van der Waals surface area contributed by atoms with Crippen LogP contribution in [0.2, 0.25) is 0 Å². The molecule has 1 aliphatic carbocycles. The van der Waals surface area contributed by atoms with Crippen molar-refractivity contribution in [3.63, 3.8) is 0 Å². The van der Waals surface area contributed by atoms with Crippen LogP contribution in [0.1, 0.15) is 46.8 Å². The molecular weight excluding hydrogens is 357 g/mol. The third kappa shape index (κ3) is 3.71. The van der Waals surface area contributed by atoms with E-state index in [0.29, 0.717) is 24.3 Å².